The molecule has 1 N–H and O–H groups in total. The van der Waals surface area contributed by atoms with Crippen molar-refractivity contribution in [1.29, 1.82) is 0 Å². The predicted molar refractivity (Wildman–Crippen MR) is 72.5 cm³/mol. The molecular weight excluding hydrogens is 262 g/mol. The van der Waals surface area contributed by atoms with E-state index in [0.29, 0.717) is 18.0 Å². The lowest BCUT2D eigenvalue weighted by atomic mass is 9.96. The van der Waals surface area contributed by atoms with Crippen LogP contribution in [0.4, 0.5) is 5.69 Å². The number of carbonyl (C=O) groups is 2. The van der Waals surface area contributed by atoms with Crippen LogP contribution in [-0.4, -0.2) is 44.2 Å². The predicted octanol–water partition coefficient (Wildman–Crippen LogP) is 1.18. The summed E-state index contributed by atoms with van der Waals surface area (Å²) in [6, 6.07) is 5.35. The number of hydrogen-bond donors (Lipinski definition) is 1. The summed E-state index contributed by atoms with van der Waals surface area (Å²) in [7, 11) is 3.11. The molecule has 6 heteroatoms. The Hall–Kier alpha value is -2.24. The molecule has 1 aromatic rings. The monoisotopic (exact) mass is 279 g/mol. The molecule has 2 rings (SSSR count). The first-order valence-corrected chi connectivity index (χ1v) is 6.28. The van der Waals surface area contributed by atoms with Gasteiger partial charge in [0.05, 0.1) is 14.2 Å². The second-order valence-electron chi connectivity index (χ2n) is 4.62. The number of methoxy groups -OCH3 is 2. The Morgan fingerprint density at radius 1 is 1.25 bits per heavy atom. The number of ether oxygens (including phenoxy) is 2. The fraction of sp³-hybridized carbons (Fsp3) is 0.429. The van der Waals surface area contributed by atoms with E-state index in [1.54, 1.807) is 32.4 Å². The van der Waals surface area contributed by atoms with Gasteiger partial charge in [0.2, 0.25) is 0 Å². The summed E-state index contributed by atoms with van der Waals surface area (Å²) >= 11 is 0. The Morgan fingerprint density at radius 3 is 2.35 bits per heavy atom. The number of benzene rings is 1. The van der Waals surface area contributed by atoms with Gasteiger partial charge in [-0.3, -0.25) is 9.59 Å². The SMILES string of the molecule is COc1cc(OC)cc(N2CCC(=O)C(C(=O)O)C2)c1. The molecular formula is C14H17NO5. The highest BCUT2D eigenvalue weighted by atomic mass is 16.5. The summed E-state index contributed by atoms with van der Waals surface area (Å²) in [4.78, 5) is 24.6. The van der Waals surface area contributed by atoms with Gasteiger partial charge in [0.25, 0.3) is 0 Å². The van der Waals surface area contributed by atoms with Crippen LogP contribution in [0.15, 0.2) is 18.2 Å². The molecule has 1 atom stereocenters. The van der Waals surface area contributed by atoms with E-state index in [1.165, 1.54) is 0 Å². The number of aliphatic carboxylic acids is 1. The molecule has 1 heterocycles. The number of carboxylic acids is 1. The Balaban J connectivity index is 2.27. The first-order valence-electron chi connectivity index (χ1n) is 6.28. The van der Waals surface area contributed by atoms with Gasteiger partial charge in [-0.25, -0.2) is 0 Å². The molecule has 108 valence electrons. The molecule has 0 radical (unpaired) electrons. The average Bonchev–Trinajstić information content (AvgIpc) is 2.46. The number of nitrogens with zero attached hydrogens (tertiary/aromatic N) is 1. The van der Waals surface area contributed by atoms with Gasteiger partial charge in [0.1, 0.15) is 17.4 Å². The van der Waals surface area contributed by atoms with Crippen molar-refractivity contribution in [2.45, 2.75) is 6.42 Å². The summed E-state index contributed by atoms with van der Waals surface area (Å²) in [5.74, 6) is -1.01. The van der Waals surface area contributed by atoms with E-state index in [1.807, 2.05) is 4.90 Å². The molecule has 0 spiro atoms. The van der Waals surface area contributed by atoms with Gasteiger partial charge >= 0.3 is 5.97 Å². The van der Waals surface area contributed by atoms with Gasteiger partial charge in [-0.1, -0.05) is 0 Å². The van der Waals surface area contributed by atoms with Gasteiger partial charge in [-0.2, -0.15) is 0 Å². The number of piperidine rings is 1. The van der Waals surface area contributed by atoms with E-state index < -0.39 is 11.9 Å². The first-order chi connectivity index (χ1) is 9.55. The molecule has 1 saturated heterocycles. The van der Waals surface area contributed by atoms with Gasteiger partial charge in [0.15, 0.2) is 5.78 Å². The second-order valence-corrected chi connectivity index (χ2v) is 4.62. The minimum atomic E-state index is -1.07. The van der Waals surface area contributed by atoms with Crippen LogP contribution in [0, 0.1) is 5.92 Å². The van der Waals surface area contributed by atoms with E-state index in [0.717, 1.165) is 5.69 Å². The van der Waals surface area contributed by atoms with E-state index in [2.05, 4.69) is 0 Å². The van der Waals surface area contributed by atoms with Crippen LogP contribution in [0.3, 0.4) is 0 Å². The summed E-state index contributed by atoms with van der Waals surface area (Å²) in [5.41, 5.74) is 0.792. The zero-order chi connectivity index (χ0) is 14.7. The number of anilines is 1. The van der Waals surface area contributed by atoms with Crippen LogP contribution < -0.4 is 14.4 Å². The third kappa shape index (κ3) is 2.84. The summed E-state index contributed by atoms with van der Waals surface area (Å²) in [5, 5.41) is 9.08. The van der Waals surface area contributed by atoms with Gasteiger partial charge in [-0.05, 0) is 0 Å². The summed E-state index contributed by atoms with van der Waals surface area (Å²) in [6.07, 6.45) is 0.233. The van der Waals surface area contributed by atoms with Crippen LogP contribution >= 0.6 is 0 Å². The van der Waals surface area contributed by atoms with Gasteiger partial charge < -0.3 is 19.5 Å². The fourth-order valence-corrected chi connectivity index (χ4v) is 2.26. The summed E-state index contributed by atoms with van der Waals surface area (Å²) < 4.78 is 10.4. The van der Waals surface area contributed by atoms with Crippen molar-refractivity contribution in [3.05, 3.63) is 18.2 Å². The fourth-order valence-electron chi connectivity index (χ4n) is 2.26. The molecule has 1 aliphatic rings. The molecule has 6 nitrogen and oxygen atoms in total. The van der Waals surface area contributed by atoms with Crippen molar-refractivity contribution in [2.24, 2.45) is 5.92 Å². The van der Waals surface area contributed by atoms with Crippen molar-refractivity contribution >= 4 is 17.4 Å². The molecule has 1 aliphatic heterocycles. The largest absolute Gasteiger partial charge is 0.497 e. The molecule has 1 unspecified atom stereocenters. The minimum Gasteiger partial charge on any atom is -0.497 e. The highest BCUT2D eigenvalue weighted by Crippen LogP contribution is 2.30. The van der Waals surface area contributed by atoms with Crippen LogP contribution in [0.25, 0.3) is 0 Å². The second kappa shape index (κ2) is 5.81. The van der Waals surface area contributed by atoms with Crippen LogP contribution in [0.1, 0.15) is 6.42 Å². The lowest BCUT2D eigenvalue weighted by molar-refractivity contribution is -0.146. The standard InChI is InChI=1S/C14H17NO5/c1-19-10-5-9(6-11(7-10)20-2)15-4-3-13(16)12(8-15)14(17)18/h5-7,12H,3-4,8H2,1-2H3,(H,17,18). The van der Waals surface area contributed by atoms with E-state index in [4.69, 9.17) is 14.6 Å². The van der Waals surface area contributed by atoms with Crippen molar-refractivity contribution in [2.75, 3.05) is 32.2 Å². The maximum atomic E-state index is 11.6. The topological polar surface area (TPSA) is 76.1 Å². The smallest absolute Gasteiger partial charge is 0.315 e. The number of rotatable bonds is 4. The highest BCUT2D eigenvalue weighted by Gasteiger charge is 2.33. The zero-order valence-corrected chi connectivity index (χ0v) is 11.5. The number of Topliss-reactive ketones (excluding diaryl/α,β-unsaturated/α-hetero) is 1. The van der Waals surface area contributed by atoms with E-state index >= 15 is 0 Å². The van der Waals surface area contributed by atoms with Gasteiger partial charge in [-0.15, -0.1) is 0 Å². The maximum absolute atomic E-state index is 11.6. The van der Waals surface area contributed by atoms with E-state index in [9.17, 15) is 9.59 Å². The summed E-state index contributed by atoms with van der Waals surface area (Å²) in [6.45, 7) is 0.670. The molecule has 0 aliphatic carbocycles. The first kappa shape index (κ1) is 14.2. The molecule has 20 heavy (non-hydrogen) atoms. The maximum Gasteiger partial charge on any atom is 0.315 e. The van der Waals surface area contributed by atoms with Crippen molar-refractivity contribution < 1.29 is 24.2 Å². The van der Waals surface area contributed by atoms with Gasteiger partial charge in [0, 0.05) is 43.4 Å². The zero-order valence-electron chi connectivity index (χ0n) is 11.5. The molecule has 0 aromatic heterocycles. The Bertz CT molecular complexity index is 506. The van der Waals surface area contributed by atoms with Crippen LogP contribution in [0.2, 0.25) is 0 Å². The quantitative estimate of drug-likeness (QED) is 0.834. The van der Waals surface area contributed by atoms with Crippen molar-refractivity contribution in [3.8, 4) is 11.5 Å². The molecule has 0 saturated carbocycles. The Morgan fingerprint density at radius 2 is 1.85 bits per heavy atom. The molecule has 1 aromatic carbocycles. The highest BCUT2D eigenvalue weighted by molar-refractivity contribution is 6.00. The Labute approximate surface area is 116 Å². The number of hydrogen-bond acceptors (Lipinski definition) is 5. The van der Waals surface area contributed by atoms with Crippen molar-refractivity contribution in [3.63, 3.8) is 0 Å². The minimum absolute atomic E-state index is 0.171. The average molecular weight is 279 g/mol. The molecule has 1 fully saturated rings. The Kier molecular flexibility index (Phi) is 4.12. The van der Waals surface area contributed by atoms with Crippen LogP contribution in [0.5, 0.6) is 11.5 Å². The van der Waals surface area contributed by atoms with Crippen LogP contribution in [-0.2, 0) is 9.59 Å². The lowest BCUT2D eigenvalue weighted by Gasteiger charge is -2.32. The number of carbonyl (C=O) groups excluding carboxylic acids is 1. The molecule has 0 bridgehead atoms. The number of ketones is 1. The van der Waals surface area contributed by atoms with E-state index in [-0.39, 0.29) is 18.7 Å². The molecule has 0 amide bonds. The third-order valence-electron chi connectivity index (χ3n) is 3.42. The third-order valence-corrected chi connectivity index (χ3v) is 3.42. The van der Waals surface area contributed by atoms with Crippen molar-refractivity contribution in [1.82, 2.24) is 0 Å². The normalized spacial score (nSPS) is 18.8. The lowest BCUT2D eigenvalue weighted by Crippen LogP contribution is -2.44. The number of carboxylic acid groups (broad SMARTS) is 1.